The zero-order valence-electron chi connectivity index (χ0n) is 11.2. The van der Waals surface area contributed by atoms with Gasteiger partial charge in [-0.1, -0.05) is 6.92 Å². The van der Waals surface area contributed by atoms with Crippen LogP contribution in [0.1, 0.15) is 56.6 Å². The Morgan fingerprint density at radius 2 is 2.39 bits per heavy atom. The summed E-state index contributed by atoms with van der Waals surface area (Å²) in [6.45, 7) is 7.07. The van der Waals surface area contributed by atoms with Gasteiger partial charge in [-0.2, -0.15) is 5.10 Å². The highest BCUT2D eigenvalue weighted by Gasteiger charge is 2.41. The largest absolute Gasteiger partial charge is 0.305 e. The zero-order valence-corrected chi connectivity index (χ0v) is 12.7. The monoisotopic (exact) mass is 313 g/mol. The maximum atomic E-state index is 12.9. The summed E-state index contributed by atoms with van der Waals surface area (Å²) in [5.41, 5.74) is 0.302. The number of ketones is 1. The van der Waals surface area contributed by atoms with Crippen LogP contribution >= 0.6 is 15.9 Å². The third-order valence-corrected chi connectivity index (χ3v) is 4.32. The van der Waals surface area contributed by atoms with Crippen LogP contribution in [0.2, 0.25) is 0 Å². The van der Waals surface area contributed by atoms with Crippen molar-refractivity contribution in [2.24, 2.45) is 0 Å². The normalized spacial score (nSPS) is 23.8. The van der Waals surface area contributed by atoms with E-state index in [0.29, 0.717) is 5.69 Å². The quantitative estimate of drug-likeness (QED) is 0.869. The van der Waals surface area contributed by atoms with Crippen molar-refractivity contribution in [2.45, 2.75) is 51.6 Å². The minimum Gasteiger partial charge on any atom is -0.305 e. The third kappa shape index (κ3) is 2.14. The molecule has 1 aromatic heterocycles. The van der Waals surface area contributed by atoms with Crippen molar-refractivity contribution in [2.75, 3.05) is 6.54 Å². The fourth-order valence-corrected chi connectivity index (χ4v) is 3.09. The van der Waals surface area contributed by atoms with Crippen LogP contribution in [0.3, 0.4) is 0 Å². The smallest absolute Gasteiger partial charge is 0.201 e. The SMILES string of the molecule is CCC1(C(=O)c2c(Br)cnn2C(C)C)CCCN1. The highest BCUT2D eigenvalue weighted by Crippen LogP contribution is 2.31. The molecule has 0 aliphatic carbocycles. The van der Waals surface area contributed by atoms with Crippen molar-refractivity contribution in [1.29, 1.82) is 0 Å². The first-order valence-corrected chi connectivity index (χ1v) is 7.34. The van der Waals surface area contributed by atoms with Crippen molar-refractivity contribution in [3.8, 4) is 0 Å². The number of Topliss-reactive ketones (excluding diaryl/α,β-unsaturated/α-hetero) is 1. The summed E-state index contributed by atoms with van der Waals surface area (Å²) in [4.78, 5) is 12.9. The van der Waals surface area contributed by atoms with Crippen LogP contribution in [0.15, 0.2) is 10.7 Å². The Morgan fingerprint density at radius 3 is 2.89 bits per heavy atom. The number of rotatable bonds is 4. The van der Waals surface area contributed by atoms with E-state index in [0.717, 1.165) is 30.3 Å². The Hall–Kier alpha value is -0.680. The molecule has 100 valence electrons. The number of nitrogens with zero attached hydrogens (tertiary/aromatic N) is 2. The molecule has 0 aromatic carbocycles. The highest BCUT2D eigenvalue weighted by molar-refractivity contribution is 9.10. The molecule has 4 nitrogen and oxygen atoms in total. The molecule has 0 amide bonds. The van der Waals surface area contributed by atoms with Crippen molar-refractivity contribution in [3.05, 3.63) is 16.4 Å². The van der Waals surface area contributed by atoms with Gasteiger partial charge in [0.15, 0.2) is 0 Å². The van der Waals surface area contributed by atoms with Crippen LogP contribution in [0, 0.1) is 0 Å². The minimum absolute atomic E-state index is 0.167. The number of hydrogen-bond acceptors (Lipinski definition) is 3. The van der Waals surface area contributed by atoms with E-state index in [4.69, 9.17) is 0 Å². The van der Waals surface area contributed by atoms with E-state index in [-0.39, 0.29) is 11.8 Å². The predicted molar refractivity (Wildman–Crippen MR) is 74.9 cm³/mol. The van der Waals surface area contributed by atoms with Gasteiger partial charge in [-0.15, -0.1) is 0 Å². The molecule has 2 rings (SSSR count). The standard InChI is InChI=1S/C13H20BrN3O/c1-4-13(6-5-7-15-13)12(18)11-10(14)8-16-17(11)9(2)3/h8-9,15H,4-7H2,1-3H3. The van der Waals surface area contributed by atoms with E-state index in [1.807, 2.05) is 18.5 Å². The second-order valence-electron chi connectivity index (χ2n) is 5.17. The number of halogens is 1. The molecule has 1 saturated heterocycles. The van der Waals surface area contributed by atoms with Gasteiger partial charge in [0.1, 0.15) is 5.69 Å². The molecule has 0 saturated carbocycles. The summed E-state index contributed by atoms with van der Waals surface area (Å²) in [5, 5.41) is 7.68. The summed E-state index contributed by atoms with van der Waals surface area (Å²) >= 11 is 3.45. The van der Waals surface area contributed by atoms with Crippen LogP contribution in [0.4, 0.5) is 0 Å². The molecule has 18 heavy (non-hydrogen) atoms. The van der Waals surface area contributed by atoms with Crippen molar-refractivity contribution >= 4 is 21.7 Å². The van der Waals surface area contributed by atoms with Crippen molar-refractivity contribution in [3.63, 3.8) is 0 Å². The van der Waals surface area contributed by atoms with Gasteiger partial charge in [0, 0.05) is 6.04 Å². The molecular weight excluding hydrogens is 294 g/mol. The van der Waals surface area contributed by atoms with Crippen LogP contribution in [-0.2, 0) is 0 Å². The lowest BCUT2D eigenvalue weighted by Gasteiger charge is -2.27. The Kier molecular flexibility index (Phi) is 3.92. The molecule has 2 heterocycles. The summed E-state index contributed by atoms with van der Waals surface area (Å²) in [6.07, 6.45) is 4.51. The summed E-state index contributed by atoms with van der Waals surface area (Å²) in [5.74, 6) is 0.167. The number of hydrogen-bond donors (Lipinski definition) is 1. The second kappa shape index (κ2) is 5.13. The topological polar surface area (TPSA) is 46.9 Å². The fourth-order valence-electron chi connectivity index (χ4n) is 2.63. The first-order chi connectivity index (χ1) is 8.52. The first-order valence-electron chi connectivity index (χ1n) is 6.54. The molecule has 1 aromatic rings. The third-order valence-electron chi connectivity index (χ3n) is 3.74. The molecule has 0 bridgehead atoms. The van der Waals surface area contributed by atoms with Gasteiger partial charge in [-0.25, -0.2) is 0 Å². The van der Waals surface area contributed by atoms with Gasteiger partial charge < -0.3 is 5.32 Å². The number of carbonyl (C=O) groups is 1. The molecule has 1 unspecified atom stereocenters. The molecule has 0 spiro atoms. The predicted octanol–water partition coefficient (Wildman–Crippen LogP) is 2.94. The van der Waals surface area contributed by atoms with Gasteiger partial charge in [-0.3, -0.25) is 9.48 Å². The molecule has 1 aliphatic heterocycles. The Morgan fingerprint density at radius 1 is 1.67 bits per heavy atom. The van der Waals surface area contributed by atoms with Gasteiger partial charge >= 0.3 is 0 Å². The van der Waals surface area contributed by atoms with E-state index in [9.17, 15) is 4.79 Å². The molecule has 5 heteroatoms. The van der Waals surface area contributed by atoms with Crippen LogP contribution in [0.25, 0.3) is 0 Å². The lowest BCUT2D eigenvalue weighted by Crippen LogP contribution is -2.48. The Bertz CT molecular complexity index is 447. The van der Waals surface area contributed by atoms with E-state index in [2.05, 4.69) is 33.3 Å². The maximum absolute atomic E-state index is 12.9. The minimum atomic E-state index is -0.394. The summed E-state index contributed by atoms with van der Waals surface area (Å²) in [7, 11) is 0. The molecule has 1 fully saturated rings. The van der Waals surface area contributed by atoms with Gasteiger partial charge in [0.05, 0.1) is 16.2 Å². The number of nitrogens with one attached hydrogen (secondary N) is 1. The lowest BCUT2D eigenvalue weighted by molar-refractivity contribution is 0.0849. The highest BCUT2D eigenvalue weighted by atomic mass is 79.9. The average molecular weight is 314 g/mol. The van der Waals surface area contributed by atoms with Crippen LogP contribution in [-0.4, -0.2) is 27.6 Å². The fraction of sp³-hybridized carbons (Fsp3) is 0.692. The van der Waals surface area contributed by atoms with Gasteiger partial charge in [0.25, 0.3) is 0 Å². The van der Waals surface area contributed by atoms with Crippen LogP contribution in [0.5, 0.6) is 0 Å². The van der Waals surface area contributed by atoms with E-state index >= 15 is 0 Å². The van der Waals surface area contributed by atoms with E-state index in [1.54, 1.807) is 6.20 Å². The summed E-state index contributed by atoms with van der Waals surface area (Å²) < 4.78 is 2.60. The zero-order chi connectivity index (χ0) is 13.3. The lowest BCUT2D eigenvalue weighted by atomic mass is 9.87. The van der Waals surface area contributed by atoms with Crippen LogP contribution < -0.4 is 5.32 Å². The molecule has 1 N–H and O–H groups in total. The number of carbonyl (C=O) groups excluding carboxylic acids is 1. The van der Waals surface area contributed by atoms with Crippen molar-refractivity contribution < 1.29 is 4.79 Å². The Labute approximate surface area is 116 Å². The Balaban J connectivity index is 2.42. The molecule has 1 aliphatic rings. The molecular formula is C13H20BrN3O. The average Bonchev–Trinajstić information content (AvgIpc) is 2.95. The number of aromatic nitrogens is 2. The summed E-state index contributed by atoms with van der Waals surface area (Å²) in [6, 6.07) is 0.186. The van der Waals surface area contributed by atoms with Gasteiger partial charge in [-0.05, 0) is 55.6 Å². The van der Waals surface area contributed by atoms with Gasteiger partial charge in [0.2, 0.25) is 5.78 Å². The molecule has 0 radical (unpaired) electrons. The van der Waals surface area contributed by atoms with E-state index < -0.39 is 5.54 Å². The second-order valence-corrected chi connectivity index (χ2v) is 6.03. The maximum Gasteiger partial charge on any atom is 0.201 e. The molecule has 1 atom stereocenters. The van der Waals surface area contributed by atoms with Crippen molar-refractivity contribution in [1.82, 2.24) is 15.1 Å². The first kappa shape index (κ1) is 13.7. The van der Waals surface area contributed by atoms with E-state index in [1.165, 1.54) is 0 Å².